The number of aromatic nitrogens is 2. The van der Waals surface area contributed by atoms with Gasteiger partial charge in [0.2, 0.25) is 5.95 Å². The maximum Gasteiger partial charge on any atom is 0.229 e. The maximum absolute atomic E-state index is 6.00. The van der Waals surface area contributed by atoms with Gasteiger partial charge in [-0.2, -0.15) is 4.98 Å². The lowest BCUT2D eigenvalue weighted by atomic mass is 10.1. The summed E-state index contributed by atoms with van der Waals surface area (Å²) in [6.45, 7) is 0.725. The Morgan fingerprint density at radius 2 is 1.85 bits per heavy atom. The number of rotatable bonds is 8. The number of anilines is 3. The molecule has 140 valence electrons. The van der Waals surface area contributed by atoms with Gasteiger partial charge < -0.3 is 20.1 Å². The lowest BCUT2D eigenvalue weighted by Gasteiger charge is -2.11. The summed E-state index contributed by atoms with van der Waals surface area (Å²) in [6, 6.07) is 15.2. The van der Waals surface area contributed by atoms with E-state index in [0.29, 0.717) is 11.0 Å². The summed E-state index contributed by atoms with van der Waals surface area (Å²) in [5, 5.41) is 7.11. The molecule has 0 fully saturated rings. The monoisotopic (exact) mass is 384 g/mol. The highest BCUT2D eigenvalue weighted by Gasteiger charge is 2.05. The first-order chi connectivity index (χ1) is 13.2. The van der Waals surface area contributed by atoms with E-state index in [0.717, 1.165) is 41.5 Å². The van der Waals surface area contributed by atoms with Gasteiger partial charge in [0.05, 0.1) is 14.2 Å². The summed E-state index contributed by atoms with van der Waals surface area (Å²) in [4.78, 5) is 8.71. The first-order valence-electron chi connectivity index (χ1n) is 8.48. The minimum Gasteiger partial charge on any atom is -0.493 e. The van der Waals surface area contributed by atoms with Crippen molar-refractivity contribution in [2.75, 3.05) is 31.4 Å². The zero-order chi connectivity index (χ0) is 19.1. The fraction of sp³-hybridized carbons (Fsp3) is 0.200. The first kappa shape index (κ1) is 18.8. The molecule has 0 unspecified atom stereocenters. The molecule has 1 aromatic heterocycles. The van der Waals surface area contributed by atoms with E-state index in [4.69, 9.17) is 21.1 Å². The number of halogens is 1. The van der Waals surface area contributed by atoms with Crippen LogP contribution in [0.1, 0.15) is 5.56 Å². The number of benzene rings is 2. The Bertz CT molecular complexity index is 905. The van der Waals surface area contributed by atoms with E-state index in [2.05, 4.69) is 20.6 Å². The molecule has 0 aliphatic rings. The van der Waals surface area contributed by atoms with Gasteiger partial charge in [0.15, 0.2) is 11.5 Å². The van der Waals surface area contributed by atoms with E-state index < -0.39 is 0 Å². The molecule has 0 aliphatic carbocycles. The van der Waals surface area contributed by atoms with E-state index in [1.807, 2.05) is 48.5 Å². The molecule has 1 heterocycles. The van der Waals surface area contributed by atoms with Crippen molar-refractivity contribution < 1.29 is 9.47 Å². The number of hydrogen-bond acceptors (Lipinski definition) is 6. The molecule has 0 atom stereocenters. The van der Waals surface area contributed by atoms with Crippen molar-refractivity contribution in [3.05, 3.63) is 65.3 Å². The van der Waals surface area contributed by atoms with Crippen LogP contribution in [0.15, 0.2) is 54.7 Å². The smallest absolute Gasteiger partial charge is 0.229 e. The molecule has 3 aromatic rings. The molecular formula is C20H21ClN4O2. The van der Waals surface area contributed by atoms with Gasteiger partial charge in [-0.15, -0.1) is 0 Å². The van der Waals surface area contributed by atoms with E-state index in [-0.39, 0.29) is 0 Å². The van der Waals surface area contributed by atoms with Gasteiger partial charge in [-0.1, -0.05) is 23.7 Å². The van der Waals surface area contributed by atoms with Gasteiger partial charge in [-0.05, 0) is 48.4 Å². The number of nitrogens with zero attached hydrogens (tertiary/aromatic N) is 2. The molecule has 0 radical (unpaired) electrons. The van der Waals surface area contributed by atoms with Crippen LogP contribution in [-0.2, 0) is 6.42 Å². The topological polar surface area (TPSA) is 68.3 Å². The summed E-state index contributed by atoms with van der Waals surface area (Å²) >= 11 is 6.00. The van der Waals surface area contributed by atoms with Crippen molar-refractivity contribution in [2.45, 2.75) is 6.42 Å². The standard InChI is InChI=1S/C20H21ClN4O2/c1-26-17-7-6-14(12-18(17)27-2)8-10-22-19-9-11-23-20(25-19)24-16-5-3-4-15(21)13-16/h3-7,9,11-13H,8,10H2,1-2H3,(H2,22,23,24,25). The summed E-state index contributed by atoms with van der Waals surface area (Å²) < 4.78 is 10.6. The van der Waals surface area contributed by atoms with Crippen molar-refractivity contribution in [3.8, 4) is 11.5 Å². The zero-order valence-electron chi connectivity index (χ0n) is 15.2. The second-order valence-corrected chi connectivity index (χ2v) is 6.20. The normalized spacial score (nSPS) is 10.3. The molecule has 0 amide bonds. The first-order valence-corrected chi connectivity index (χ1v) is 8.86. The van der Waals surface area contributed by atoms with Gasteiger partial charge in [0.25, 0.3) is 0 Å². The Morgan fingerprint density at radius 1 is 1.00 bits per heavy atom. The third kappa shape index (κ3) is 5.24. The van der Waals surface area contributed by atoms with Crippen LogP contribution in [-0.4, -0.2) is 30.7 Å². The van der Waals surface area contributed by atoms with E-state index in [1.54, 1.807) is 20.4 Å². The predicted molar refractivity (Wildman–Crippen MR) is 109 cm³/mol. The summed E-state index contributed by atoms with van der Waals surface area (Å²) in [7, 11) is 3.26. The highest BCUT2D eigenvalue weighted by Crippen LogP contribution is 2.27. The zero-order valence-corrected chi connectivity index (χ0v) is 16.0. The second kappa shape index (κ2) is 9.09. The van der Waals surface area contributed by atoms with Crippen molar-refractivity contribution >= 4 is 29.1 Å². The molecule has 0 spiro atoms. The molecule has 0 saturated carbocycles. The van der Waals surface area contributed by atoms with Crippen molar-refractivity contribution in [2.24, 2.45) is 0 Å². The molecule has 2 aromatic carbocycles. The van der Waals surface area contributed by atoms with Crippen molar-refractivity contribution in [1.82, 2.24) is 9.97 Å². The third-order valence-corrected chi connectivity index (χ3v) is 4.14. The van der Waals surface area contributed by atoms with Crippen LogP contribution in [0.2, 0.25) is 5.02 Å². The summed E-state index contributed by atoms with van der Waals surface area (Å²) in [5.41, 5.74) is 1.98. The molecule has 2 N–H and O–H groups in total. The molecule has 0 saturated heterocycles. The molecule has 7 heteroatoms. The van der Waals surface area contributed by atoms with Crippen LogP contribution in [0.5, 0.6) is 11.5 Å². The summed E-state index contributed by atoms with van der Waals surface area (Å²) in [6.07, 6.45) is 2.53. The van der Waals surface area contributed by atoms with E-state index in [1.165, 1.54) is 0 Å². The van der Waals surface area contributed by atoms with Gasteiger partial charge >= 0.3 is 0 Å². The van der Waals surface area contributed by atoms with Crippen molar-refractivity contribution in [3.63, 3.8) is 0 Å². The molecular weight excluding hydrogens is 364 g/mol. The van der Waals surface area contributed by atoms with Crippen LogP contribution < -0.4 is 20.1 Å². The van der Waals surface area contributed by atoms with Gasteiger partial charge in [0, 0.05) is 23.5 Å². The number of hydrogen-bond donors (Lipinski definition) is 2. The van der Waals surface area contributed by atoms with Crippen LogP contribution in [0.25, 0.3) is 0 Å². The Morgan fingerprint density at radius 3 is 2.63 bits per heavy atom. The largest absolute Gasteiger partial charge is 0.493 e. The number of nitrogens with one attached hydrogen (secondary N) is 2. The lowest BCUT2D eigenvalue weighted by molar-refractivity contribution is 0.354. The van der Waals surface area contributed by atoms with E-state index >= 15 is 0 Å². The highest BCUT2D eigenvalue weighted by molar-refractivity contribution is 6.30. The quantitative estimate of drug-likeness (QED) is 0.594. The van der Waals surface area contributed by atoms with Gasteiger partial charge in [-0.3, -0.25) is 0 Å². The minimum atomic E-state index is 0.508. The Balaban J connectivity index is 1.58. The maximum atomic E-state index is 6.00. The number of ether oxygens (including phenoxy) is 2. The predicted octanol–water partition coefficient (Wildman–Crippen LogP) is 4.55. The Hall–Kier alpha value is -2.99. The molecule has 0 bridgehead atoms. The van der Waals surface area contributed by atoms with Crippen LogP contribution >= 0.6 is 11.6 Å². The van der Waals surface area contributed by atoms with E-state index in [9.17, 15) is 0 Å². The average molecular weight is 385 g/mol. The van der Waals surface area contributed by atoms with Gasteiger partial charge in [-0.25, -0.2) is 4.98 Å². The average Bonchev–Trinajstić information content (AvgIpc) is 2.68. The molecule has 6 nitrogen and oxygen atoms in total. The van der Waals surface area contributed by atoms with Crippen molar-refractivity contribution in [1.29, 1.82) is 0 Å². The fourth-order valence-electron chi connectivity index (χ4n) is 2.58. The lowest BCUT2D eigenvalue weighted by Crippen LogP contribution is -2.08. The molecule has 0 aliphatic heterocycles. The highest BCUT2D eigenvalue weighted by atomic mass is 35.5. The van der Waals surface area contributed by atoms with Crippen LogP contribution in [0, 0.1) is 0 Å². The molecule has 3 rings (SSSR count). The summed E-state index contributed by atoms with van der Waals surface area (Å²) in [5.74, 6) is 2.70. The third-order valence-electron chi connectivity index (χ3n) is 3.90. The second-order valence-electron chi connectivity index (χ2n) is 5.77. The van der Waals surface area contributed by atoms with Gasteiger partial charge in [0.1, 0.15) is 5.82 Å². The van der Waals surface area contributed by atoms with Crippen LogP contribution in [0.3, 0.4) is 0 Å². The SMILES string of the molecule is COc1ccc(CCNc2ccnc(Nc3cccc(Cl)c3)n2)cc1OC. The number of methoxy groups -OCH3 is 2. The Kier molecular flexibility index (Phi) is 6.33. The van der Waals surface area contributed by atoms with Crippen LogP contribution in [0.4, 0.5) is 17.5 Å². The molecule has 27 heavy (non-hydrogen) atoms. The minimum absolute atomic E-state index is 0.508. The Labute approximate surface area is 163 Å². The fourth-order valence-corrected chi connectivity index (χ4v) is 2.77.